The Bertz CT molecular complexity index is 310. The normalized spacial score (nSPS) is 10.1. The van der Waals surface area contributed by atoms with Crippen molar-refractivity contribution in [2.75, 3.05) is 13.6 Å². The molecule has 0 atom stereocenters. The molecule has 0 radical (unpaired) electrons. The number of carbonyl (C=O) groups excluding carboxylic acids is 1. The van der Waals surface area contributed by atoms with Crippen LogP contribution in [0.25, 0.3) is 0 Å². The number of carboxylic acids is 1. The fourth-order valence-electron chi connectivity index (χ4n) is 2.42. The molecule has 26 heavy (non-hydrogen) atoms. The van der Waals surface area contributed by atoms with Crippen LogP contribution in [0.4, 0.5) is 0 Å². The summed E-state index contributed by atoms with van der Waals surface area (Å²) in [6.45, 7) is 2.31. The zero-order chi connectivity index (χ0) is 19.0. The molecule has 0 aliphatic rings. The summed E-state index contributed by atoms with van der Waals surface area (Å²) in [4.78, 5) is 19.5. The van der Waals surface area contributed by atoms with Crippen LogP contribution in [0.1, 0.15) is 96.8 Å². The van der Waals surface area contributed by atoms with Crippen LogP contribution in [-0.4, -0.2) is 31.0 Å². The molecule has 0 unspecified atom stereocenters. The molecule has 0 aliphatic carbocycles. The van der Waals surface area contributed by atoms with Crippen molar-refractivity contribution in [2.45, 2.75) is 96.8 Å². The molecule has 5 heteroatoms. The standard InChI is InChI=1S/C18H33O.C3H7NO2.Na/c1-2-3-4-5-6-7-8-9-10-11-12-13-14-15-16-17-18-19;1-4-2-3(5)6;/h9-10H,2-8,11-17H2,1H3;4H,2H2,1H3,(H,5,6);/q-1;;+1/b10-9-;;. The monoisotopic (exact) mass is 377 g/mol. The van der Waals surface area contributed by atoms with Gasteiger partial charge in [0.15, 0.2) is 0 Å². The first-order chi connectivity index (χ1) is 12.2. The van der Waals surface area contributed by atoms with Gasteiger partial charge in [0, 0.05) is 0 Å². The van der Waals surface area contributed by atoms with Crippen LogP contribution < -0.4 is 34.9 Å². The van der Waals surface area contributed by atoms with E-state index in [1.807, 2.05) is 6.29 Å². The van der Waals surface area contributed by atoms with E-state index in [1.54, 1.807) is 7.05 Å². The first-order valence-corrected chi connectivity index (χ1v) is 10.0. The maximum absolute atomic E-state index is 10.0. The van der Waals surface area contributed by atoms with E-state index in [4.69, 9.17) is 5.11 Å². The minimum absolute atomic E-state index is 0. The van der Waals surface area contributed by atoms with E-state index < -0.39 is 5.97 Å². The summed E-state index contributed by atoms with van der Waals surface area (Å²) >= 11 is 0. The summed E-state index contributed by atoms with van der Waals surface area (Å²) in [6.07, 6.45) is 24.2. The van der Waals surface area contributed by atoms with Gasteiger partial charge in [-0.25, -0.2) is 0 Å². The van der Waals surface area contributed by atoms with Crippen LogP contribution in [-0.2, 0) is 9.59 Å². The van der Waals surface area contributed by atoms with Gasteiger partial charge in [0.05, 0.1) is 6.54 Å². The second-order valence-electron chi connectivity index (χ2n) is 6.40. The number of rotatable bonds is 17. The van der Waals surface area contributed by atoms with Crippen LogP contribution in [0.15, 0.2) is 12.2 Å². The zero-order valence-electron chi connectivity index (χ0n) is 17.5. The number of carbonyl (C=O) groups is 1. The summed E-state index contributed by atoms with van der Waals surface area (Å²) in [7, 11) is 1.59. The molecule has 0 saturated heterocycles. The average Bonchev–Trinajstić information content (AvgIpc) is 2.59. The Morgan fingerprint density at radius 2 is 1.35 bits per heavy atom. The number of aliphatic carboxylic acids is 1. The summed E-state index contributed by atoms with van der Waals surface area (Å²) in [6, 6.07) is 0. The largest absolute Gasteiger partial charge is 1.00 e. The Labute approximate surface area is 183 Å². The van der Waals surface area contributed by atoms with E-state index in [0.29, 0.717) is 6.42 Å². The molecule has 2 N–H and O–H groups in total. The van der Waals surface area contributed by atoms with Gasteiger partial charge in [-0.2, -0.15) is 6.42 Å². The Morgan fingerprint density at radius 1 is 0.885 bits per heavy atom. The average molecular weight is 378 g/mol. The van der Waals surface area contributed by atoms with Crippen molar-refractivity contribution in [2.24, 2.45) is 0 Å². The first-order valence-electron chi connectivity index (χ1n) is 10.0. The molecular formula is C21H40NNaO3. The third-order valence-corrected chi connectivity index (χ3v) is 3.87. The zero-order valence-corrected chi connectivity index (χ0v) is 19.5. The molecule has 0 aliphatic heterocycles. The summed E-state index contributed by atoms with van der Waals surface area (Å²) in [5, 5.41) is 10.3. The number of hydrogen-bond acceptors (Lipinski definition) is 3. The van der Waals surface area contributed by atoms with Gasteiger partial charge in [-0.3, -0.25) is 11.1 Å². The number of likely N-dealkylation sites (N-methyl/N-ethyl adjacent to an activating group) is 1. The van der Waals surface area contributed by atoms with E-state index in [1.165, 1.54) is 77.0 Å². The number of unbranched alkanes of at least 4 members (excludes halogenated alkanes) is 12. The van der Waals surface area contributed by atoms with Gasteiger partial charge in [-0.05, 0) is 32.7 Å². The fraction of sp³-hybridized carbons (Fsp3) is 0.810. The molecule has 0 aromatic rings. The van der Waals surface area contributed by atoms with Gasteiger partial charge in [-0.15, -0.1) is 0 Å². The SMILES string of the molecule is CCCCCCCC/C=C\CCCCCCC[C-]=O.CNCC(=O)O.[Na+]. The molecule has 0 fully saturated rings. The third kappa shape index (κ3) is 35.0. The van der Waals surface area contributed by atoms with Gasteiger partial charge in [-0.1, -0.05) is 76.9 Å². The van der Waals surface area contributed by atoms with Gasteiger partial charge in [0.2, 0.25) is 0 Å². The van der Waals surface area contributed by atoms with Crippen LogP contribution >= 0.6 is 0 Å². The third-order valence-electron chi connectivity index (χ3n) is 3.87. The predicted octanol–water partition coefficient (Wildman–Crippen LogP) is 2.43. The van der Waals surface area contributed by atoms with Crippen molar-refractivity contribution >= 4 is 12.3 Å². The number of hydrogen-bond donors (Lipinski definition) is 2. The Morgan fingerprint density at radius 3 is 1.73 bits per heavy atom. The van der Waals surface area contributed by atoms with E-state index >= 15 is 0 Å². The van der Waals surface area contributed by atoms with Crippen LogP contribution in [0.5, 0.6) is 0 Å². The van der Waals surface area contributed by atoms with Crippen LogP contribution in [0.2, 0.25) is 0 Å². The Balaban J connectivity index is -0.000000649. The predicted molar refractivity (Wildman–Crippen MR) is 107 cm³/mol. The number of carboxylic acid groups (broad SMARTS) is 1. The van der Waals surface area contributed by atoms with Crippen LogP contribution in [0, 0.1) is 0 Å². The minimum atomic E-state index is -0.822. The van der Waals surface area contributed by atoms with Crippen molar-refractivity contribution < 1.29 is 44.3 Å². The minimum Gasteiger partial charge on any atom is -0.542 e. The van der Waals surface area contributed by atoms with E-state index in [-0.39, 0.29) is 36.1 Å². The molecule has 0 heterocycles. The molecule has 0 spiro atoms. The molecule has 0 amide bonds. The van der Waals surface area contributed by atoms with Gasteiger partial charge < -0.3 is 15.2 Å². The van der Waals surface area contributed by atoms with Crippen molar-refractivity contribution in [3.8, 4) is 0 Å². The second-order valence-corrected chi connectivity index (χ2v) is 6.40. The van der Waals surface area contributed by atoms with Gasteiger partial charge in [0.25, 0.3) is 0 Å². The quantitative estimate of drug-likeness (QED) is 0.177. The second kappa shape index (κ2) is 29.6. The molecule has 0 aromatic heterocycles. The molecule has 148 valence electrons. The molecule has 0 aromatic carbocycles. The maximum Gasteiger partial charge on any atom is 1.00 e. The van der Waals surface area contributed by atoms with Crippen molar-refractivity contribution in [1.29, 1.82) is 0 Å². The van der Waals surface area contributed by atoms with E-state index in [9.17, 15) is 9.59 Å². The Hall–Kier alpha value is -0.160. The van der Waals surface area contributed by atoms with E-state index in [2.05, 4.69) is 24.4 Å². The topological polar surface area (TPSA) is 66.4 Å². The summed E-state index contributed by atoms with van der Waals surface area (Å²) in [5.41, 5.74) is 0. The van der Waals surface area contributed by atoms with Crippen molar-refractivity contribution in [3.05, 3.63) is 12.2 Å². The summed E-state index contributed by atoms with van der Waals surface area (Å²) in [5.74, 6) is -0.822. The molecule has 0 saturated carbocycles. The molecule has 4 nitrogen and oxygen atoms in total. The van der Waals surface area contributed by atoms with Gasteiger partial charge >= 0.3 is 35.5 Å². The number of allylic oxidation sites excluding steroid dienone is 2. The first kappa shape index (κ1) is 30.6. The van der Waals surface area contributed by atoms with Crippen LogP contribution in [0.3, 0.4) is 0 Å². The van der Waals surface area contributed by atoms with Gasteiger partial charge in [0.1, 0.15) is 0 Å². The molecule has 0 bridgehead atoms. The Kier molecular flexibility index (Phi) is 34.8. The van der Waals surface area contributed by atoms with Crippen molar-refractivity contribution in [1.82, 2.24) is 5.32 Å². The van der Waals surface area contributed by atoms with E-state index in [0.717, 1.165) is 6.42 Å². The number of nitrogens with one attached hydrogen (secondary N) is 1. The fourth-order valence-corrected chi connectivity index (χ4v) is 2.42. The smallest absolute Gasteiger partial charge is 0.542 e. The summed E-state index contributed by atoms with van der Waals surface area (Å²) < 4.78 is 0. The molecular weight excluding hydrogens is 337 g/mol. The molecule has 0 rings (SSSR count). The maximum atomic E-state index is 10.0. The van der Waals surface area contributed by atoms with Crippen molar-refractivity contribution in [3.63, 3.8) is 0 Å².